The van der Waals surface area contributed by atoms with Crippen LogP contribution in [-0.2, 0) is 6.54 Å². The van der Waals surface area contributed by atoms with Gasteiger partial charge in [-0.2, -0.15) is 5.10 Å². The maximum atomic E-state index is 12.4. The Balaban J connectivity index is 1.53. The van der Waals surface area contributed by atoms with Gasteiger partial charge < -0.3 is 4.57 Å². The van der Waals surface area contributed by atoms with E-state index in [4.69, 9.17) is 5.21 Å². The summed E-state index contributed by atoms with van der Waals surface area (Å²) in [6.07, 6.45) is 3.60. The van der Waals surface area contributed by atoms with Gasteiger partial charge in [0.1, 0.15) is 0 Å². The summed E-state index contributed by atoms with van der Waals surface area (Å²) >= 11 is 0. The Kier molecular flexibility index (Phi) is 5.86. The fourth-order valence-corrected chi connectivity index (χ4v) is 3.38. The number of hydroxylamine groups is 1. The maximum Gasteiger partial charge on any atom is 0.274 e. The van der Waals surface area contributed by atoms with Crippen molar-refractivity contribution in [3.63, 3.8) is 0 Å². The zero-order valence-electron chi connectivity index (χ0n) is 16.5. The summed E-state index contributed by atoms with van der Waals surface area (Å²) in [4.78, 5) is 23.9. The first-order valence-corrected chi connectivity index (χ1v) is 9.65. The summed E-state index contributed by atoms with van der Waals surface area (Å²) in [5.41, 5.74) is 7.59. The van der Waals surface area contributed by atoms with Gasteiger partial charge in [0.25, 0.3) is 11.8 Å². The molecule has 0 aliphatic carbocycles. The van der Waals surface area contributed by atoms with Crippen LogP contribution in [0.2, 0.25) is 0 Å². The van der Waals surface area contributed by atoms with Crippen LogP contribution in [0.4, 0.5) is 0 Å². The first-order valence-electron chi connectivity index (χ1n) is 9.65. The molecule has 4 rings (SSSR count). The number of hydrazone groups is 1. The molecule has 4 aromatic rings. The molecule has 0 saturated heterocycles. The van der Waals surface area contributed by atoms with Gasteiger partial charge in [-0.1, -0.05) is 54.6 Å². The fraction of sp³-hybridized carbons (Fsp3) is 0.0417. The minimum atomic E-state index is -0.690. The Hall–Kier alpha value is -4.23. The van der Waals surface area contributed by atoms with Crippen LogP contribution in [0, 0.1) is 0 Å². The Bertz CT molecular complexity index is 1260. The van der Waals surface area contributed by atoms with E-state index in [-0.39, 0.29) is 11.1 Å². The van der Waals surface area contributed by atoms with E-state index < -0.39 is 11.8 Å². The normalized spacial score (nSPS) is 11.0. The van der Waals surface area contributed by atoms with E-state index in [1.54, 1.807) is 23.8 Å². The molecule has 0 saturated carbocycles. The smallest absolute Gasteiger partial charge is 0.274 e. The SMILES string of the molecule is O=C(NO)c1cccc(C(=O)N/N=C/c2cn(Cc3ccccc3)c3ccccc23)c1. The monoisotopic (exact) mass is 412 g/mol. The van der Waals surface area contributed by atoms with Crippen molar-refractivity contribution in [2.24, 2.45) is 5.10 Å². The van der Waals surface area contributed by atoms with E-state index in [2.05, 4.69) is 27.2 Å². The van der Waals surface area contributed by atoms with Gasteiger partial charge in [-0.25, -0.2) is 10.9 Å². The summed E-state index contributed by atoms with van der Waals surface area (Å²) < 4.78 is 2.14. The van der Waals surface area contributed by atoms with E-state index >= 15 is 0 Å². The molecule has 0 bridgehead atoms. The number of benzene rings is 3. The highest BCUT2D eigenvalue weighted by Crippen LogP contribution is 2.21. The van der Waals surface area contributed by atoms with Crippen molar-refractivity contribution in [2.75, 3.05) is 0 Å². The lowest BCUT2D eigenvalue weighted by atomic mass is 10.1. The molecule has 0 fully saturated rings. The zero-order chi connectivity index (χ0) is 21.6. The molecular formula is C24H20N4O3. The molecule has 3 aromatic carbocycles. The third-order valence-electron chi connectivity index (χ3n) is 4.87. The largest absolute Gasteiger partial charge is 0.342 e. The number of hydrogen-bond donors (Lipinski definition) is 3. The van der Waals surface area contributed by atoms with Crippen LogP contribution >= 0.6 is 0 Å². The molecule has 0 radical (unpaired) electrons. The number of fused-ring (bicyclic) bond motifs is 1. The van der Waals surface area contributed by atoms with Crippen molar-refractivity contribution in [2.45, 2.75) is 6.54 Å². The molecule has 1 aromatic heterocycles. The predicted molar refractivity (Wildman–Crippen MR) is 118 cm³/mol. The van der Waals surface area contributed by atoms with Crippen molar-refractivity contribution in [3.05, 3.63) is 107 Å². The van der Waals surface area contributed by atoms with Gasteiger partial charge >= 0.3 is 0 Å². The van der Waals surface area contributed by atoms with Crippen molar-refractivity contribution in [3.8, 4) is 0 Å². The van der Waals surface area contributed by atoms with Gasteiger partial charge in [0.05, 0.1) is 6.21 Å². The highest BCUT2D eigenvalue weighted by atomic mass is 16.5. The lowest BCUT2D eigenvalue weighted by molar-refractivity contribution is 0.0706. The van der Waals surface area contributed by atoms with Gasteiger partial charge in [0.15, 0.2) is 0 Å². The number of carbonyl (C=O) groups is 2. The lowest BCUT2D eigenvalue weighted by Crippen LogP contribution is -2.21. The number of aromatic nitrogens is 1. The van der Waals surface area contributed by atoms with Crippen LogP contribution in [0.25, 0.3) is 10.9 Å². The molecular weight excluding hydrogens is 392 g/mol. The first kappa shape index (κ1) is 20.1. The molecule has 31 heavy (non-hydrogen) atoms. The molecule has 0 aliphatic heterocycles. The Morgan fingerprint density at radius 1 is 0.903 bits per heavy atom. The molecule has 0 spiro atoms. The first-order chi connectivity index (χ1) is 15.2. The van der Waals surface area contributed by atoms with Gasteiger partial charge in [0, 0.05) is 40.3 Å². The van der Waals surface area contributed by atoms with E-state index in [9.17, 15) is 9.59 Å². The molecule has 3 N–H and O–H groups in total. The van der Waals surface area contributed by atoms with Gasteiger partial charge in [-0.3, -0.25) is 14.8 Å². The number of amides is 2. The van der Waals surface area contributed by atoms with Crippen LogP contribution in [0.15, 0.2) is 90.2 Å². The van der Waals surface area contributed by atoms with Crippen molar-refractivity contribution < 1.29 is 14.8 Å². The minimum Gasteiger partial charge on any atom is -0.342 e. The van der Waals surface area contributed by atoms with Crippen LogP contribution in [0.3, 0.4) is 0 Å². The molecule has 7 nitrogen and oxygen atoms in total. The number of nitrogens with zero attached hydrogens (tertiary/aromatic N) is 2. The Labute approximate surface area is 178 Å². The highest BCUT2D eigenvalue weighted by molar-refractivity contribution is 6.01. The number of carbonyl (C=O) groups excluding carboxylic acids is 2. The predicted octanol–water partition coefficient (Wildman–Crippen LogP) is 3.57. The van der Waals surface area contributed by atoms with Crippen LogP contribution in [0.5, 0.6) is 0 Å². The van der Waals surface area contributed by atoms with Crippen LogP contribution in [0.1, 0.15) is 31.8 Å². The third-order valence-corrected chi connectivity index (χ3v) is 4.87. The van der Waals surface area contributed by atoms with E-state index in [0.717, 1.165) is 23.0 Å². The summed E-state index contributed by atoms with van der Waals surface area (Å²) in [7, 11) is 0. The third kappa shape index (κ3) is 4.52. The van der Waals surface area contributed by atoms with Crippen LogP contribution < -0.4 is 10.9 Å². The summed E-state index contributed by atoms with van der Waals surface area (Å²) in [5.74, 6) is -1.15. The average molecular weight is 412 g/mol. The molecule has 0 aliphatic rings. The minimum absolute atomic E-state index is 0.170. The van der Waals surface area contributed by atoms with Crippen molar-refractivity contribution >= 4 is 28.9 Å². The molecule has 0 unspecified atom stereocenters. The molecule has 1 heterocycles. The van der Waals surface area contributed by atoms with Gasteiger partial charge in [-0.05, 0) is 29.8 Å². The number of nitrogens with one attached hydrogen (secondary N) is 2. The van der Waals surface area contributed by atoms with Gasteiger partial charge in [0.2, 0.25) is 0 Å². The standard InChI is InChI=1S/C24H20N4O3/c29-23(18-9-6-10-19(13-18)24(30)27-31)26-25-14-20-16-28(15-17-7-2-1-3-8-17)22-12-5-4-11-21(20)22/h1-14,16,31H,15H2,(H,26,29)(H,27,30)/b25-14+. The number of hydrogen-bond acceptors (Lipinski definition) is 4. The van der Waals surface area contributed by atoms with Crippen LogP contribution in [-0.4, -0.2) is 27.8 Å². The van der Waals surface area contributed by atoms with E-state index in [0.29, 0.717) is 0 Å². The second-order valence-electron chi connectivity index (χ2n) is 6.94. The molecule has 0 atom stereocenters. The number of rotatable bonds is 6. The maximum absolute atomic E-state index is 12.4. The number of para-hydroxylation sites is 1. The zero-order valence-corrected chi connectivity index (χ0v) is 16.5. The fourth-order valence-electron chi connectivity index (χ4n) is 3.38. The van der Waals surface area contributed by atoms with E-state index in [1.165, 1.54) is 17.7 Å². The van der Waals surface area contributed by atoms with E-state index in [1.807, 2.05) is 48.7 Å². The van der Waals surface area contributed by atoms with Crippen molar-refractivity contribution in [1.29, 1.82) is 0 Å². The second kappa shape index (κ2) is 9.06. The quantitative estimate of drug-likeness (QED) is 0.257. The molecule has 2 amide bonds. The highest BCUT2D eigenvalue weighted by Gasteiger charge is 2.10. The van der Waals surface area contributed by atoms with Gasteiger partial charge in [-0.15, -0.1) is 0 Å². The second-order valence-corrected chi connectivity index (χ2v) is 6.94. The molecule has 154 valence electrons. The molecule has 7 heteroatoms. The summed E-state index contributed by atoms with van der Waals surface area (Å²) in [5, 5.41) is 13.9. The summed E-state index contributed by atoms with van der Waals surface area (Å²) in [6.45, 7) is 0.723. The van der Waals surface area contributed by atoms with Crippen molar-refractivity contribution in [1.82, 2.24) is 15.5 Å². The Morgan fingerprint density at radius 3 is 2.39 bits per heavy atom. The topological polar surface area (TPSA) is 95.7 Å². The lowest BCUT2D eigenvalue weighted by Gasteiger charge is -2.05. The Morgan fingerprint density at radius 2 is 1.61 bits per heavy atom. The average Bonchev–Trinajstić information content (AvgIpc) is 3.16. The summed E-state index contributed by atoms with van der Waals surface area (Å²) in [6, 6.07) is 24.2.